The Morgan fingerprint density at radius 3 is 2.22 bits per heavy atom. The molecule has 1 atom stereocenters. The molecule has 1 unspecified atom stereocenters. The second kappa shape index (κ2) is 5.36. The number of hydrogen-bond donors (Lipinski definition) is 1. The smallest absolute Gasteiger partial charge is 0.104 e. The molecule has 0 aliphatic carbocycles. The Kier molecular flexibility index (Phi) is 3.83. The summed E-state index contributed by atoms with van der Waals surface area (Å²) in [5.74, 6) is 0. The lowest BCUT2D eigenvalue weighted by atomic mass is 9.94. The first-order chi connectivity index (χ1) is 8.61. The maximum Gasteiger partial charge on any atom is 0.104 e. The highest BCUT2D eigenvalue weighted by molar-refractivity contribution is 5.38. The standard InChI is InChI=1S/C17H20O/c1-4-14-7-5-6-8-16(14)17(18)15-10-12(2)9-13(3)11-15/h5-11,17-18H,4H2,1-3H3. The molecule has 0 amide bonds. The maximum atomic E-state index is 10.6. The second-order valence-electron chi connectivity index (χ2n) is 4.88. The first-order valence-corrected chi connectivity index (χ1v) is 6.46. The quantitative estimate of drug-likeness (QED) is 0.861. The number of aliphatic hydroxyl groups is 1. The van der Waals surface area contributed by atoms with Gasteiger partial charge in [0.1, 0.15) is 6.10 Å². The molecule has 1 N–H and O–H groups in total. The summed E-state index contributed by atoms with van der Waals surface area (Å²) in [6, 6.07) is 14.4. The van der Waals surface area contributed by atoms with Gasteiger partial charge in [0.15, 0.2) is 0 Å². The number of hydrogen-bond acceptors (Lipinski definition) is 1. The Balaban J connectivity index is 2.44. The van der Waals surface area contributed by atoms with Crippen LogP contribution in [0.15, 0.2) is 42.5 Å². The van der Waals surface area contributed by atoms with Crippen molar-refractivity contribution in [1.82, 2.24) is 0 Å². The Morgan fingerprint density at radius 1 is 1.00 bits per heavy atom. The Labute approximate surface area is 109 Å². The van der Waals surface area contributed by atoms with Crippen LogP contribution in [-0.4, -0.2) is 5.11 Å². The topological polar surface area (TPSA) is 20.2 Å². The molecule has 94 valence electrons. The normalized spacial score (nSPS) is 12.4. The zero-order valence-corrected chi connectivity index (χ0v) is 11.3. The van der Waals surface area contributed by atoms with E-state index in [1.165, 1.54) is 16.7 Å². The minimum atomic E-state index is -0.528. The van der Waals surface area contributed by atoms with Crippen molar-refractivity contribution in [2.75, 3.05) is 0 Å². The van der Waals surface area contributed by atoms with E-state index in [1.54, 1.807) is 0 Å². The van der Waals surface area contributed by atoms with Crippen molar-refractivity contribution < 1.29 is 5.11 Å². The van der Waals surface area contributed by atoms with Gasteiger partial charge in [-0.3, -0.25) is 0 Å². The molecular formula is C17H20O. The van der Waals surface area contributed by atoms with Crippen molar-refractivity contribution in [2.45, 2.75) is 33.3 Å². The monoisotopic (exact) mass is 240 g/mol. The first-order valence-electron chi connectivity index (χ1n) is 6.46. The largest absolute Gasteiger partial charge is 0.384 e. The lowest BCUT2D eigenvalue weighted by molar-refractivity contribution is 0.219. The van der Waals surface area contributed by atoms with Crippen LogP contribution in [0.2, 0.25) is 0 Å². The zero-order chi connectivity index (χ0) is 13.1. The number of benzene rings is 2. The van der Waals surface area contributed by atoms with Gasteiger partial charge >= 0.3 is 0 Å². The van der Waals surface area contributed by atoms with E-state index in [9.17, 15) is 5.11 Å². The average molecular weight is 240 g/mol. The Bertz CT molecular complexity index is 523. The third kappa shape index (κ3) is 2.62. The molecule has 0 saturated carbocycles. The summed E-state index contributed by atoms with van der Waals surface area (Å²) in [5, 5.41) is 10.6. The number of aliphatic hydroxyl groups excluding tert-OH is 1. The molecule has 1 heteroatoms. The summed E-state index contributed by atoms with van der Waals surface area (Å²) >= 11 is 0. The van der Waals surface area contributed by atoms with E-state index in [1.807, 2.05) is 18.2 Å². The van der Waals surface area contributed by atoms with E-state index in [-0.39, 0.29) is 0 Å². The lowest BCUT2D eigenvalue weighted by Gasteiger charge is -2.16. The van der Waals surface area contributed by atoms with Crippen LogP contribution in [0.5, 0.6) is 0 Å². The van der Waals surface area contributed by atoms with Gasteiger partial charge < -0.3 is 5.11 Å². The van der Waals surface area contributed by atoms with E-state index in [4.69, 9.17) is 0 Å². The van der Waals surface area contributed by atoms with E-state index >= 15 is 0 Å². The highest BCUT2D eigenvalue weighted by Crippen LogP contribution is 2.26. The summed E-state index contributed by atoms with van der Waals surface area (Å²) in [4.78, 5) is 0. The van der Waals surface area contributed by atoms with Crippen LogP contribution in [-0.2, 0) is 6.42 Å². The third-order valence-electron chi connectivity index (χ3n) is 3.29. The van der Waals surface area contributed by atoms with Gasteiger partial charge in [-0.1, -0.05) is 60.5 Å². The summed E-state index contributed by atoms with van der Waals surface area (Å²) < 4.78 is 0. The van der Waals surface area contributed by atoms with Crippen LogP contribution < -0.4 is 0 Å². The van der Waals surface area contributed by atoms with E-state index in [2.05, 4.69) is 45.0 Å². The molecule has 0 bridgehead atoms. The van der Waals surface area contributed by atoms with E-state index < -0.39 is 6.10 Å². The molecule has 2 aromatic rings. The summed E-state index contributed by atoms with van der Waals surface area (Å²) in [6.45, 7) is 6.25. The van der Waals surface area contributed by atoms with Crippen molar-refractivity contribution in [3.8, 4) is 0 Å². The van der Waals surface area contributed by atoms with Crippen LogP contribution in [0.1, 0.15) is 40.8 Å². The molecular weight excluding hydrogens is 220 g/mol. The molecule has 0 fully saturated rings. The van der Waals surface area contributed by atoms with Crippen LogP contribution in [0.25, 0.3) is 0 Å². The van der Waals surface area contributed by atoms with Gasteiger partial charge in [0.05, 0.1) is 0 Å². The zero-order valence-electron chi connectivity index (χ0n) is 11.3. The predicted octanol–water partition coefficient (Wildman–Crippen LogP) is 3.95. The van der Waals surface area contributed by atoms with Gasteiger partial charge in [-0.25, -0.2) is 0 Å². The van der Waals surface area contributed by atoms with Crippen molar-refractivity contribution in [2.24, 2.45) is 0 Å². The fourth-order valence-corrected chi connectivity index (χ4v) is 2.47. The second-order valence-corrected chi connectivity index (χ2v) is 4.88. The third-order valence-corrected chi connectivity index (χ3v) is 3.29. The summed E-state index contributed by atoms with van der Waals surface area (Å²) in [5.41, 5.74) is 5.60. The van der Waals surface area contributed by atoms with Crippen LogP contribution in [0, 0.1) is 13.8 Å². The Hall–Kier alpha value is -1.60. The van der Waals surface area contributed by atoms with E-state index in [0.29, 0.717) is 0 Å². The minimum absolute atomic E-state index is 0.528. The molecule has 0 radical (unpaired) electrons. The number of aryl methyl sites for hydroxylation is 3. The van der Waals surface area contributed by atoms with Gasteiger partial charge in [0.2, 0.25) is 0 Å². The highest BCUT2D eigenvalue weighted by Gasteiger charge is 2.13. The molecule has 1 nitrogen and oxygen atoms in total. The SMILES string of the molecule is CCc1ccccc1C(O)c1cc(C)cc(C)c1. The van der Waals surface area contributed by atoms with Gasteiger partial charge in [-0.15, -0.1) is 0 Å². The minimum Gasteiger partial charge on any atom is -0.384 e. The molecule has 2 aromatic carbocycles. The van der Waals surface area contributed by atoms with Crippen molar-refractivity contribution in [3.63, 3.8) is 0 Å². The average Bonchev–Trinajstić information content (AvgIpc) is 2.36. The van der Waals surface area contributed by atoms with Gasteiger partial charge in [-0.05, 0) is 37.0 Å². The summed E-state index contributed by atoms with van der Waals surface area (Å²) in [6.07, 6.45) is 0.414. The van der Waals surface area contributed by atoms with Crippen LogP contribution in [0.3, 0.4) is 0 Å². The number of rotatable bonds is 3. The predicted molar refractivity (Wildman–Crippen MR) is 75.8 cm³/mol. The van der Waals surface area contributed by atoms with Crippen molar-refractivity contribution in [1.29, 1.82) is 0 Å². The molecule has 0 saturated heterocycles. The van der Waals surface area contributed by atoms with Gasteiger partial charge in [0.25, 0.3) is 0 Å². The summed E-state index contributed by atoms with van der Waals surface area (Å²) in [7, 11) is 0. The Morgan fingerprint density at radius 2 is 1.61 bits per heavy atom. The molecule has 18 heavy (non-hydrogen) atoms. The maximum absolute atomic E-state index is 10.6. The molecule has 2 rings (SSSR count). The lowest BCUT2D eigenvalue weighted by Crippen LogP contribution is -2.04. The van der Waals surface area contributed by atoms with Crippen molar-refractivity contribution in [3.05, 3.63) is 70.3 Å². The van der Waals surface area contributed by atoms with Crippen molar-refractivity contribution >= 4 is 0 Å². The molecule has 0 heterocycles. The van der Waals surface area contributed by atoms with Crippen LogP contribution in [0.4, 0.5) is 0 Å². The van der Waals surface area contributed by atoms with Gasteiger partial charge in [0, 0.05) is 0 Å². The molecule has 0 aliphatic rings. The van der Waals surface area contributed by atoms with E-state index in [0.717, 1.165) is 17.5 Å². The van der Waals surface area contributed by atoms with Crippen LogP contribution >= 0.6 is 0 Å². The molecule has 0 aliphatic heterocycles. The fourth-order valence-electron chi connectivity index (χ4n) is 2.47. The highest BCUT2D eigenvalue weighted by atomic mass is 16.3. The van der Waals surface area contributed by atoms with Gasteiger partial charge in [-0.2, -0.15) is 0 Å². The molecule has 0 spiro atoms. The molecule has 0 aromatic heterocycles. The first kappa shape index (κ1) is 12.8. The fraction of sp³-hybridized carbons (Fsp3) is 0.294.